The van der Waals surface area contributed by atoms with Gasteiger partial charge in [-0.05, 0) is 45.9 Å². The minimum atomic E-state index is -0.555. The van der Waals surface area contributed by atoms with Gasteiger partial charge in [-0.3, -0.25) is 4.79 Å². The highest BCUT2D eigenvalue weighted by Crippen LogP contribution is 2.28. The molecule has 0 saturated heterocycles. The number of nitrogens with one attached hydrogen (secondary N) is 1. The van der Waals surface area contributed by atoms with Crippen LogP contribution in [-0.4, -0.2) is 18.1 Å². The molecule has 0 saturated carbocycles. The Hall–Kier alpha value is -1.07. The van der Waals surface area contributed by atoms with E-state index in [9.17, 15) is 4.79 Å². The van der Waals surface area contributed by atoms with E-state index in [1.54, 1.807) is 6.92 Å². The van der Waals surface area contributed by atoms with E-state index in [4.69, 9.17) is 10.5 Å². The van der Waals surface area contributed by atoms with Crippen LogP contribution in [-0.2, 0) is 4.79 Å². The van der Waals surface area contributed by atoms with Crippen molar-refractivity contribution in [2.45, 2.75) is 45.9 Å². The molecule has 5 heteroatoms. The van der Waals surface area contributed by atoms with Crippen molar-refractivity contribution in [1.29, 1.82) is 0 Å². The molecule has 1 rings (SSSR count). The molecule has 1 aromatic carbocycles. The van der Waals surface area contributed by atoms with Crippen LogP contribution in [0.3, 0.4) is 0 Å². The number of carbonyl (C=O) groups excluding carboxylic acids is 1. The van der Waals surface area contributed by atoms with Crippen LogP contribution >= 0.6 is 15.9 Å². The van der Waals surface area contributed by atoms with E-state index < -0.39 is 6.10 Å². The van der Waals surface area contributed by atoms with Crippen molar-refractivity contribution in [2.75, 3.05) is 0 Å². The zero-order valence-electron chi connectivity index (χ0n) is 11.7. The molecule has 0 fully saturated rings. The Bertz CT molecular complexity index is 447. The molecule has 0 bridgehead atoms. The normalized spacial score (nSPS) is 14.1. The fourth-order valence-corrected chi connectivity index (χ4v) is 2.01. The van der Waals surface area contributed by atoms with Crippen molar-refractivity contribution in [3.05, 3.63) is 28.2 Å². The summed E-state index contributed by atoms with van der Waals surface area (Å²) in [4.78, 5) is 11.8. The molecule has 1 unspecified atom stereocenters. The van der Waals surface area contributed by atoms with Gasteiger partial charge in [0.05, 0.1) is 0 Å². The SMILES string of the molecule is CC(C)NC(=O)C(C)Oc1ccc(Br)cc1[C@H](C)N. The second-order valence-corrected chi connectivity index (χ2v) is 5.81. The lowest BCUT2D eigenvalue weighted by Crippen LogP contribution is -2.40. The lowest BCUT2D eigenvalue weighted by atomic mass is 10.1. The summed E-state index contributed by atoms with van der Waals surface area (Å²) in [6.45, 7) is 7.44. The second-order valence-electron chi connectivity index (χ2n) is 4.89. The maximum atomic E-state index is 11.8. The number of hydrogen-bond donors (Lipinski definition) is 2. The fraction of sp³-hybridized carbons (Fsp3) is 0.500. The van der Waals surface area contributed by atoms with Crippen LogP contribution in [0, 0.1) is 0 Å². The van der Waals surface area contributed by atoms with Gasteiger partial charge < -0.3 is 15.8 Å². The van der Waals surface area contributed by atoms with E-state index >= 15 is 0 Å². The first-order chi connectivity index (χ1) is 8.81. The highest BCUT2D eigenvalue weighted by molar-refractivity contribution is 9.10. The lowest BCUT2D eigenvalue weighted by molar-refractivity contribution is -0.127. The summed E-state index contributed by atoms with van der Waals surface area (Å²) < 4.78 is 6.65. The molecule has 2 atom stereocenters. The highest BCUT2D eigenvalue weighted by Gasteiger charge is 2.18. The monoisotopic (exact) mass is 328 g/mol. The minimum Gasteiger partial charge on any atom is -0.481 e. The summed E-state index contributed by atoms with van der Waals surface area (Å²) in [7, 11) is 0. The van der Waals surface area contributed by atoms with E-state index in [0.717, 1.165) is 10.0 Å². The minimum absolute atomic E-state index is 0.0939. The lowest BCUT2D eigenvalue weighted by Gasteiger charge is -2.20. The third-order valence-corrected chi connectivity index (χ3v) is 3.06. The van der Waals surface area contributed by atoms with Crippen LogP contribution in [0.15, 0.2) is 22.7 Å². The number of benzene rings is 1. The van der Waals surface area contributed by atoms with E-state index in [0.29, 0.717) is 5.75 Å². The quantitative estimate of drug-likeness (QED) is 0.873. The molecule has 0 heterocycles. The molecule has 106 valence electrons. The Morgan fingerprint density at radius 1 is 1.32 bits per heavy atom. The van der Waals surface area contributed by atoms with Crippen LogP contribution in [0.5, 0.6) is 5.75 Å². The Morgan fingerprint density at radius 3 is 2.47 bits per heavy atom. The first-order valence-electron chi connectivity index (χ1n) is 6.33. The van der Waals surface area contributed by atoms with Crippen LogP contribution in [0.1, 0.15) is 39.3 Å². The first kappa shape index (κ1) is 16.0. The van der Waals surface area contributed by atoms with Gasteiger partial charge in [-0.2, -0.15) is 0 Å². The van der Waals surface area contributed by atoms with Gasteiger partial charge in [0.2, 0.25) is 0 Å². The highest BCUT2D eigenvalue weighted by atomic mass is 79.9. The van der Waals surface area contributed by atoms with Crippen molar-refractivity contribution in [3.63, 3.8) is 0 Å². The number of carbonyl (C=O) groups is 1. The van der Waals surface area contributed by atoms with Crippen LogP contribution in [0.25, 0.3) is 0 Å². The summed E-state index contributed by atoms with van der Waals surface area (Å²) in [6.07, 6.45) is -0.555. The summed E-state index contributed by atoms with van der Waals surface area (Å²) in [6, 6.07) is 5.53. The molecular weight excluding hydrogens is 308 g/mol. The molecule has 3 N–H and O–H groups in total. The second kappa shape index (κ2) is 6.91. The smallest absolute Gasteiger partial charge is 0.260 e. The zero-order chi connectivity index (χ0) is 14.6. The molecule has 0 spiro atoms. The standard InChI is InChI=1S/C14H21BrN2O2/c1-8(2)17-14(18)10(4)19-13-6-5-11(15)7-12(13)9(3)16/h5-10H,16H2,1-4H3,(H,17,18)/t9-,10?/m0/s1. The van der Waals surface area contributed by atoms with E-state index in [2.05, 4.69) is 21.2 Å². The molecule has 4 nitrogen and oxygen atoms in total. The Kier molecular flexibility index (Phi) is 5.82. The molecular formula is C14H21BrN2O2. The topological polar surface area (TPSA) is 64.3 Å². The van der Waals surface area contributed by atoms with E-state index in [1.165, 1.54) is 0 Å². The predicted octanol–water partition coefficient (Wildman–Crippen LogP) is 2.76. The van der Waals surface area contributed by atoms with Gasteiger partial charge in [0, 0.05) is 22.1 Å². The average Bonchev–Trinajstić information content (AvgIpc) is 2.30. The van der Waals surface area contributed by atoms with Crippen LogP contribution < -0.4 is 15.8 Å². The van der Waals surface area contributed by atoms with Gasteiger partial charge in [-0.25, -0.2) is 0 Å². The van der Waals surface area contributed by atoms with Crippen molar-refractivity contribution in [3.8, 4) is 5.75 Å². The Morgan fingerprint density at radius 2 is 1.95 bits per heavy atom. The predicted molar refractivity (Wildman–Crippen MR) is 80.1 cm³/mol. The van der Waals surface area contributed by atoms with Crippen LogP contribution in [0.2, 0.25) is 0 Å². The van der Waals surface area contributed by atoms with Crippen LogP contribution in [0.4, 0.5) is 0 Å². The first-order valence-corrected chi connectivity index (χ1v) is 7.12. The number of ether oxygens (including phenoxy) is 1. The third-order valence-electron chi connectivity index (χ3n) is 2.57. The van der Waals surface area contributed by atoms with Crippen molar-refractivity contribution in [2.24, 2.45) is 5.73 Å². The summed E-state index contributed by atoms with van der Waals surface area (Å²) >= 11 is 3.40. The average molecular weight is 329 g/mol. The molecule has 19 heavy (non-hydrogen) atoms. The zero-order valence-corrected chi connectivity index (χ0v) is 13.3. The van der Waals surface area contributed by atoms with Gasteiger partial charge in [0.25, 0.3) is 5.91 Å². The van der Waals surface area contributed by atoms with Gasteiger partial charge in [0.1, 0.15) is 5.75 Å². The molecule has 0 aliphatic heterocycles. The summed E-state index contributed by atoms with van der Waals surface area (Å²) in [5.41, 5.74) is 6.79. The van der Waals surface area contributed by atoms with Gasteiger partial charge in [-0.15, -0.1) is 0 Å². The Balaban J connectivity index is 2.84. The molecule has 0 aromatic heterocycles. The Labute approximate surface area is 122 Å². The van der Waals surface area contributed by atoms with Gasteiger partial charge in [0.15, 0.2) is 6.10 Å². The molecule has 0 aliphatic rings. The molecule has 0 aliphatic carbocycles. The van der Waals surface area contributed by atoms with Gasteiger partial charge >= 0.3 is 0 Å². The number of halogens is 1. The number of amides is 1. The maximum Gasteiger partial charge on any atom is 0.260 e. The van der Waals surface area contributed by atoms with E-state index in [1.807, 2.05) is 39.0 Å². The van der Waals surface area contributed by atoms with Gasteiger partial charge in [-0.1, -0.05) is 15.9 Å². The number of hydrogen-bond acceptors (Lipinski definition) is 3. The number of rotatable bonds is 5. The third kappa shape index (κ3) is 4.84. The van der Waals surface area contributed by atoms with Crippen molar-refractivity contribution < 1.29 is 9.53 Å². The van der Waals surface area contributed by atoms with Crippen molar-refractivity contribution >= 4 is 21.8 Å². The molecule has 0 radical (unpaired) electrons. The number of nitrogens with two attached hydrogens (primary N) is 1. The molecule has 1 aromatic rings. The maximum absolute atomic E-state index is 11.8. The summed E-state index contributed by atoms with van der Waals surface area (Å²) in [5.74, 6) is 0.512. The summed E-state index contributed by atoms with van der Waals surface area (Å²) in [5, 5.41) is 2.82. The largest absolute Gasteiger partial charge is 0.481 e. The molecule has 1 amide bonds. The van der Waals surface area contributed by atoms with E-state index in [-0.39, 0.29) is 18.0 Å². The fourth-order valence-electron chi connectivity index (χ4n) is 1.63. The van der Waals surface area contributed by atoms with Crippen molar-refractivity contribution in [1.82, 2.24) is 5.32 Å².